The Morgan fingerprint density at radius 2 is 2.00 bits per heavy atom. The first-order chi connectivity index (χ1) is 8.47. The minimum Gasteiger partial charge on any atom is -0.397 e. The molecule has 5 heteroatoms. The molecule has 1 aromatic carbocycles. The first kappa shape index (κ1) is 14.1. The predicted molar refractivity (Wildman–Crippen MR) is 82.1 cm³/mol. The Morgan fingerprint density at radius 3 is 2.72 bits per heavy atom. The number of nitrogens with two attached hydrogens (primary N) is 2. The average molecular weight is 376 g/mol. The van der Waals surface area contributed by atoms with E-state index in [9.17, 15) is 5.11 Å². The molecule has 1 fully saturated rings. The number of benzene rings is 1. The van der Waals surface area contributed by atoms with Gasteiger partial charge in [0.15, 0.2) is 0 Å². The lowest BCUT2D eigenvalue weighted by molar-refractivity contribution is 0.173. The lowest BCUT2D eigenvalue weighted by Crippen LogP contribution is -2.30. The Morgan fingerprint density at radius 1 is 1.28 bits per heavy atom. The molecule has 0 radical (unpaired) electrons. The van der Waals surface area contributed by atoms with Crippen LogP contribution < -0.4 is 11.5 Å². The molecule has 2 atom stereocenters. The van der Waals surface area contributed by atoms with Crippen LogP contribution in [0.1, 0.15) is 24.8 Å². The summed E-state index contributed by atoms with van der Waals surface area (Å²) in [4.78, 5) is 0. The molecule has 0 spiro atoms. The minimum absolute atomic E-state index is 0.136. The summed E-state index contributed by atoms with van der Waals surface area (Å²) in [6, 6.07) is 3.98. The van der Waals surface area contributed by atoms with Gasteiger partial charge in [0.2, 0.25) is 0 Å². The fourth-order valence-corrected chi connectivity index (χ4v) is 3.44. The normalized spacial score (nSPS) is 26.6. The number of aliphatic hydroxyl groups is 1. The largest absolute Gasteiger partial charge is 0.397 e. The van der Waals surface area contributed by atoms with Crippen LogP contribution in [-0.2, 0) is 0 Å². The van der Waals surface area contributed by atoms with Gasteiger partial charge in [-0.1, -0.05) is 22.0 Å². The summed E-state index contributed by atoms with van der Waals surface area (Å²) in [5.74, 6) is 0. The molecule has 1 saturated carbocycles. The molecule has 2 rings (SSSR count). The highest BCUT2D eigenvalue weighted by molar-refractivity contribution is 9.11. The summed E-state index contributed by atoms with van der Waals surface area (Å²) in [7, 11) is 0. The van der Waals surface area contributed by atoms with Gasteiger partial charge in [-0.15, -0.1) is 0 Å². The highest BCUT2D eigenvalue weighted by Gasteiger charge is 2.21. The lowest BCUT2D eigenvalue weighted by Gasteiger charge is -2.26. The second kappa shape index (κ2) is 5.74. The topological polar surface area (TPSA) is 72.3 Å². The number of aliphatic hydroxyl groups excluding tert-OH is 1. The summed E-state index contributed by atoms with van der Waals surface area (Å²) < 4.78 is 1.79. The highest BCUT2D eigenvalue weighted by Crippen LogP contribution is 2.32. The van der Waals surface area contributed by atoms with Crippen molar-refractivity contribution in [3.63, 3.8) is 0 Å². The van der Waals surface area contributed by atoms with Crippen molar-refractivity contribution in [3.8, 4) is 0 Å². The SMILES string of the molecule is Nc1c(Br)cc(Br)cc1C=C1C[C@@H](N)CC[C@@H]1O. The predicted octanol–water partition coefficient (Wildman–Crippen LogP) is 3.05. The maximum Gasteiger partial charge on any atom is 0.0754 e. The molecule has 0 aromatic heterocycles. The Balaban J connectivity index is 2.37. The second-order valence-corrected chi connectivity index (χ2v) is 6.44. The molecule has 1 aromatic rings. The zero-order valence-corrected chi connectivity index (χ0v) is 13.0. The van der Waals surface area contributed by atoms with Crippen molar-refractivity contribution >= 4 is 43.6 Å². The fourth-order valence-electron chi connectivity index (χ4n) is 2.18. The van der Waals surface area contributed by atoms with Gasteiger partial charge in [-0.3, -0.25) is 0 Å². The van der Waals surface area contributed by atoms with Crippen LogP contribution in [0.2, 0.25) is 0 Å². The summed E-state index contributed by atoms with van der Waals surface area (Å²) in [5.41, 5.74) is 14.5. The number of hydrogen-bond acceptors (Lipinski definition) is 3. The van der Waals surface area contributed by atoms with Crippen LogP contribution in [0.3, 0.4) is 0 Å². The van der Waals surface area contributed by atoms with E-state index < -0.39 is 6.10 Å². The molecule has 3 nitrogen and oxygen atoms in total. The van der Waals surface area contributed by atoms with E-state index in [1.807, 2.05) is 18.2 Å². The van der Waals surface area contributed by atoms with Gasteiger partial charge in [-0.25, -0.2) is 0 Å². The van der Waals surface area contributed by atoms with E-state index in [1.54, 1.807) is 0 Å². The van der Waals surface area contributed by atoms with E-state index in [0.717, 1.165) is 39.3 Å². The first-order valence-corrected chi connectivity index (χ1v) is 7.44. The Kier molecular flexibility index (Phi) is 4.48. The van der Waals surface area contributed by atoms with Crippen LogP contribution in [0.5, 0.6) is 0 Å². The third-order valence-electron chi connectivity index (χ3n) is 3.20. The lowest BCUT2D eigenvalue weighted by atomic mass is 9.87. The molecule has 0 heterocycles. The maximum atomic E-state index is 9.99. The minimum atomic E-state index is -0.401. The van der Waals surface area contributed by atoms with Gasteiger partial charge in [0.05, 0.1) is 11.8 Å². The summed E-state index contributed by atoms with van der Waals surface area (Å²) in [5, 5.41) is 9.99. The van der Waals surface area contributed by atoms with Crippen molar-refractivity contribution in [2.24, 2.45) is 5.73 Å². The Hall–Kier alpha value is -0.360. The molecule has 0 unspecified atom stereocenters. The summed E-state index contributed by atoms with van der Waals surface area (Å²) in [6.45, 7) is 0. The van der Waals surface area contributed by atoms with Crippen molar-refractivity contribution in [3.05, 3.63) is 32.2 Å². The van der Waals surface area contributed by atoms with Gasteiger partial charge in [0.25, 0.3) is 0 Å². The molecular formula is C13H16Br2N2O. The van der Waals surface area contributed by atoms with Gasteiger partial charge in [-0.2, -0.15) is 0 Å². The smallest absolute Gasteiger partial charge is 0.0754 e. The number of rotatable bonds is 1. The summed E-state index contributed by atoms with van der Waals surface area (Å²) in [6.07, 6.45) is 3.87. The van der Waals surface area contributed by atoms with Crippen molar-refractivity contribution in [1.82, 2.24) is 0 Å². The van der Waals surface area contributed by atoms with E-state index in [1.165, 1.54) is 0 Å². The third-order valence-corrected chi connectivity index (χ3v) is 4.32. The van der Waals surface area contributed by atoms with Crippen LogP contribution in [0.25, 0.3) is 6.08 Å². The van der Waals surface area contributed by atoms with Gasteiger partial charge >= 0.3 is 0 Å². The van der Waals surface area contributed by atoms with E-state index in [0.29, 0.717) is 5.69 Å². The van der Waals surface area contributed by atoms with Gasteiger partial charge in [0.1, 0.15) is 0 Å². The number of hydrogen-bond donors (Lipinski definition) is 3. The van der Waals surface area contributed by atoms with Gasteiger partial charge in [-0.05, 0) is 58.5 Å². The van der Waals surface area contributed by atoms with Gasteiger partial charge < -0.3 is 16.6 Å². The molecule has 1 aliphatic carbocycles. The number of anilines is 1. The Labute approximate surface area is 123 Å². The molecule has 18 heavy (non-hydrogen) atoms. The zero-order chi connectivity index (χ0) is 13.3. The van der Waals surface area contributed by atoms with Crippen molar-refractivity contribution in [1.29, 1.82) is 0 Å². The number of nitrogen functional groups attached to an aromatic ring is 1. The average Bonchev–Trinajstić information content (AvgIpc) is 2.30. The molecular weight excluding hydrogens is 360 g/mol. The molecule has 0 saturated heterocycles. The van der Waals surface area contributed by atoms with Crippen molar-refractivity contribution in [2.45, 2.75) is 31.4 Å². The standard InChI is InChI=1S/C13H16Br2N2O/c14-9-4-8(13(17)11(15)6-9)3-7-5-10(16)1-2-12(7)18/h3-4,6,10,12,18H,1-2,5,16-17H2/t10-,12-/m0/s1. The Bertz CT molecular complexity index is 488. The molecule has 1 aliphatic rings. The van der Waals surface area contributed by atoms with E-state index in [2.05, 4.69) is 31.9 Å². The fraction of sp³-hybridized carbons (Fsp3) is 0.385. The van der Waals surface area contributed by atoms with Crippen LogP contribution in [0.4, 0.5) is 5.69 Å². The van der Waals surface area contributed by atoms with Crippen LogP contribution in [0, 0.1) is 0 Å². The second-order valence-electron chi connectivity index (χ2n) is 4.67. The molecule has 0 bridgehead atoms. The molecule has 0 amide bonds. The number of halogens is 2. The van der Waals surface area contributed by atoms with E-state index in [4.69, 9.17) is 11.5 Å². The zero-order valence-electron chi connectivity index (χ0n) is 9.87. The third kappa shape index (κ3) is 3.15. The molecule has 5 N–H and O–H groups in total. The van der Waals surface area contributed by atoms with Crippen molar-refractivity contribution < 1.29 is 5.11 Å². The van der Waals surface area contributed by atoms with Crippen LogP contribution in [0.15, 0.2) is 26.7 Å². The molecule has 98 valence electrons. The quantitative estimate of drug-likeness (QED) is 0.660. The summed E-state index contributed by atoms with van der Waals surface area (Å²) >= 11 is 6.85. The van der Waals surface area contributed by atoms with Crippen LogP contribution in [-0.4, -0.2) is 17.3 Å². The first-order valence-electron chi connectivity index (χ1n) is 5.86. The van der Waals surface area contributed by atoms with Crippen LogP contribution >= 0.6 is 31.9 Å². The van der Waals surface area contributed by atoms with E-state index >= 15 is 0 Å². The highest BCUT2D eigenvalue weighted by atomic mass is 79.9. The maximum absolute atomic E-state index is 9.99. The van der Waals surface area contributed by atoms with Gasteiger partial charge in [0, 0.05) is 15.0 Å². The van der Waals surface area contributed by atoms with E-state index in [-0.39, 0.29) is 6.04 Å². The van der Waals surface area contributed by atoms with Crippen molar-refractivity contribution in [2.75, 3.05) is 5.73 Å². The monoisotopic (exact) mass is 374 g/mol. The molecule has 0 aliphatic heterocycles.